The van der Waals surface area contributed by atoms with E-state index < -0.39 is 35.3 Å². The number of ether oxygens (including phenoxy) is 1. The molecule has 0 spiro atoms. The molecule has 2 amide bonds. The lowest BCUT2D eigenvalue weighted by molar-refractivity contribution is -0.152. The molecule has 2 aromatic carbocycles. The van der Waals surface area contributed by atoms with E-state index in [1.165, 1.54) is 24.1 Å². The van der Waals surface area contributed by atoms with Gasteiger partial charge in [-0.05, 0) is 36.2 Å². The van der Waals surface area contributed by atoms with E-state index >= 15 is 0 Å². The molecule has 31 heavy (non-hydrogen) atoms. The highest BCUT2D eigenvalue weighted by Crippen LogP contribution is 2.51. The first-order valence-electron chi connectivity index (χ1n) is 10.5. The molecule has 0 saturated carbocycles. The van der Waals surface area contributed by atoms with Crippen LogP contribution in [0, 0.1) is 11.8 Å². The van der Waals surface area contributed by atoms with Gasteiger partial charge in [0, 0.05) is 6.04 Å². The molecule has 7 heteroatoms. The predicted octanol–water partition coefficient (Wildman–Crippen LogP) is 2.94. The fraction of sp³-hybridized carbons (Fsp3) is 0.375. The minimum absolute atomic E-state index is 0.100. The molecular weight excluding hydrogens is 396 g/mol. The minimum Gasteiger partial charge on any atom is -0.508 e. The summed E-state index contributed by atoms with van der Waals surface area (Å²) in [5.41, 5.74) is -0.0782. The van der Waals surface area contributed by atoms with Gasteiger partial charge < -0.3 is 9.84 Å². The van der Waals surface area contributed by atoms with Crippen molar-refractivity contribution >= 4 is 23.5 Å². The van der Waals surface area contributed by atoms with Crippen molar-refractivity contribution in [1.29, 1.82) is 0 Å². The summed E-state index contributed by atoms with van der Waals surface area (Å²) >= 11 is 0. The van der Waals surface area contributed by atoms with E-state index in [2.05, 4.69) is 5.32 Å². The Bertz CT molecular complexity index is 991. The maximum absolute atomic E-state index is 13.6. The zero-order valence-electron chi connectivity index (χ0n) is 17.6. The third kappa shape index (κ3) is 3.29. The van der Waals surface area contributed by atoms with Gasteiger partial charge in [0.25, 0.3) is 0 Å². The number of unbranched alkanes of at least 4 members (excludes halogenated alkanes) is 1. The molecule has 7 nitrogen and oxygen atoms in total. The Balaban J connectivity index is 1.85. The predicted molar refractivity (Wildman–Crippen MR) is 114 cm³/mol. The van der Waals surface area contributed by atoms with Gasteiger partial charge in [-0.3, -0.25) is 19.7 Å². The highest BCUT2D eigenvalue weighted by Gasteiger charge is 2.68. The second-order valence-electron chi connectivity index (χ2n) is 8.13. The van der Waals surface area contributed by atoms with Crippen LogP contribution in [0.3, 0.4) is 0 Å². The summed E-state index contributed by atoms with van der Waals surface area (Å²) in [6, 6.07) is 14.7. The van der Waals surface area contributed by atoms with Gasteiger partial charge in [0.2, 0.25) is 11.8 Å². The SMILES string of the molecule is CCCC[C@]1(C(=O)OC)N[C@H](c2ccc(O)cc2)[C@@H]2C(=O)N(c3ccccc3)C(=O)[C@@H]21. The number of anilines is 1. The number of fused-ring (bicyclic) bond motifs is 1. The minimum atomic E-state index is -1.30. The topological polar surface area (TPSA) is 95.9 Å². The number of carbonyl (C=O) groups is 3. The van der Waals surface area contributed by atoms with Crippen molar-refractivity contribution in [3.05, 3.63) is 60.2 Å². The molecule has 162 valence electrons. The summed E-state index contributed by atoms with van der Waals surface area (Å²) in [6.07, 6.45) is 1.90. The molecule has 2 N–H and O–H groups in total. The van der Waals surface area contributed by atoms with Gasteiger partial charge in [0.05, 0.1) is 24.6 Å². The van der Waals surface area contributed by atoms with E-state index in [0.29, 0.717) is 18.5 Å². The van der Waals surface area contributed by atoms with Crippen LogP contribution in [0.4, 0.5) is 5.69 Å². The summed E-state index contributed by atoms with van der Waals surface area (Å²) in [4.78, 5) is 41.5. The van der Waals surface area contributed by atoms with E-state index in [9.17, 15) is 19.5 Å². The van der Waals surface area contributed by atoms with Crippen LogP contribution in [0.2, 0.25) is 0 Å². The van der Waals surface area contributed by atoms with Crippen LogP contribution >= 0.6 is 0 Å². The van der Waals surface area contributed by atoms with Gasteiger partial charge >= 0.3 is 5.97 Å². The molecule has 0 bridgehead atoms. The molecule has 0 unspecified atom stereocenters. The number of hydrogen-bond acceptors (Lipinski definition) is 6. The summed E-state index contributed by atoms with van der Waals surface area (Å²) in [5, 5.41) is 13.0. The number of aromatic hydroxyl groups is 1. The van der Waals surface area contributed by atoms with Crippen LogP contribution in [0.15, 0.2) is 54.6 Å². The Hall–Kier alpha value is -3.19. The lowest BCUT2D eigenvalue weighted by Crippen LogP contribution is -2.56. The lowest BCUT2D eigenvalue weighted by Gasteiger charge is -2.32. The zero-order valence-corrected chi connectivity index (χ0v) is 17.6. The highest BCUT2D eigenvalue weighted by molar-refractivity contribution is 6.24. The van der Waals surface area contributed by atoms with Gasteiger partial charge in [-0.25, -0.2) is 4.90 Å². The Kier molecular flexibility index (Phi) is 5.54. The lowest BCUT2D eigenvalue weighted by atomic mass is 9.76. The molecule has 0 aliphatic carbocycles. The van der Waals surface area contributed by atoms with E-state index in [4.69, 9.17) is 4.74 Å². The van der Waals surface area contributed by atoms with Crippen molar-refractivity contribution in [2.24, 2.45) is 11.8 Å². The van der Waals surface area contributed by atoms with Gasteiger partial charge in [-0.15, -0.1) is 0 Å². The summed E-state index contributed by atoms with van der Waals surface area (Å²) in [5.74, 6) is -2.80. The molecule has 2 aliphatic rings. The van der Waals surface area contributed by atoms with Crippen molar-refractivity contribution in [1.82, 2.24) is 5.32 Å². The molecule has 0 radical (unpaired) electrons. The second kappa shape index (κ2) is 8.15. The number of carbonyl (C=O) groups excluding carboxylic acids is 3. The smallest absolute Gasteiger partial charge is 0.326 e. The van der Waals surface area contributed by atoms with Gasteiger partial charge in [-0.1, -0.05) is 50.1 Å². The Morgan fingerprint density at radius 1 is 1.10 bits per heavy atom. The van der Waals surface area contributed by atoms with Crippen LogP contribution in [-0.2, 0) is 19.1 Å². The Morgan fingerprint density at radius 2 is 1.77 bits per heavy atom. The molecule has 0 aromatic heterocycles. The molecule has 4 atom stereocenters. The van der Waals surface area contributed by atoms with Crippen molar-refractivity contribution in [2.45, 2.75) is 37.8 Å². The third-order valence-electron chi connectivity index (χ3n) is 6.40. The van der Waals surface area contributed by atoms with Gasteiger partial charge in [0.15, 0.2) is 0 Å². The Morgan fingerprint density at radius 3 is 2.39 bits per heavy atom. The molecule has 2 saturated heterocycles. The average Bonchev–Trinajstić information content (AvgIpc) is 3.27. The number of imide groups is 1. The number of hydrogen-bond donors (Lipinski definition) is 2. The third-order valence-corrected chi connectivity index (χ3v) is 6.40. The van der Waals surface area contributed by atoms with E-state index in [-0.39, 0.29) is 11.7 Å². The number of para-hydroxylation sites is 1. The van der Waals surface area contributed by atoms with Crippen LogP contribution in [-0.4, -0.2) is 35.5 Å². The molecule has 2 aliphatic heterocycles. The first kappa shape index (κ1) is 21.1. The number of phenols is 1. The number of benzene rings is 2. The number of nitrogens with one attached hydrogen (secondary N) is 1. The number of phenolic OH excluding ortho intramolecular Hbond substituents is 1. The summed E-state index contributed by atoms with van der Waals surface area (Å²) in [6.45, 7) is 2.01. The average molecular weight is 422 g/mol. The zero-order chi connectivity index (χ0) is 22.2. The van der Waals surface area contributed by atoms with Crippen molar-refractivity contribution in [3.63, 3.8) is 0 Å². The maximum atomic E-state index is 13.6. The Labute approximate surface area is 181 Å². The summed E-state index contributed by atoms with van der Waals surface area (Å²) < 4.78 is 5.15. The van der Waals surface area contributed by atoms with E-state index in [0.717, 1.165) is 12.0 Å². The van der Waals surface area contributed by atoms with Crippen LogP contribution in [0.5, 0.6) is 5.75 Å². The first-order valence-corrected chi connectivity index (χ1v) is 10.5. The highest BCUT2D eigenvalue weighted by atomic mass is 16.5. The van der Waals surface area contributed by atoms with Gasteiger partial charge in [-0.2, -0.15) is 0 Å². The van der Waals surface area contributed by atoms with E-state index in [1.807, 2.05) is 13.0 Å². The molecule has 2 fully saturated rings. The van der Waals surface area contributed by atoms with Crippen LogP contribution in [0.1, 0.15) is 37.8 Å². The quantitative estimate of drug-likeness (QED) is 0.549. The number of methoxy groups -OCH3 is 1. The largest absolute Gasteiger partial charge is 0.508 e. The normalized spacial score (nSPS) is 27.4. The molecule has 4 rings (SSSR count). The van der Waals surface area contributed by atoms with Crippen molar-refractivity contribution in [3.8, 4) is 5.75 Å². The number of esters is 1. The van der Waals surface area contributed by atoms with Crippen molar-refractivity contribution in [2.75, 3.05) is 12.0 Å². The first-order chi connectivity index (χ1) is 14.9. The molecular formula is C24H26N2O5. The van der Waals surface area contributed by atoms with Crippen LogP contribution < -0.4 is 10.2 Å². The van der Waals surface area contributed by atoms with E-state index in [1.54, 1.807) is 36.4 Å². The number of nitrogens with zero attached hydrogens (tertiary/aromatic N) is 1. The second-order valence-corrected chi connectivity index (χ2v) is 8.13. The monoisotopic (exact) mass is 422 g/mol. The standard InChI is InChI=1S/C24H26N2O5/c1-3-4-14-24(23(30)31-2)19-18(20(25-24)15-10-12-17(27)13-11-15)21(28)26(22(19)29)16-8-6-5-7-9-16/h5-13,18-20,25,27H,3-4,14H2,1-2H3/t18-,19-,20-,24+/m1/s1. The number of amides is 2. The fourth-order valence-corrected chi connectivity index (χ4v) is 4.96. The maximum Gasteiger partial charge on any atom is 0.326 e. The van der Waals surface area contributed by atoms with Gasteiger partial charge in [0.1, 0.15) is 11.3 Å². The fourth-order valence-electron chi connectivity index (χ4n) is 4.96. The van der Waals surface area contributed by atoms with Crippen LogP contribution in [0.25, 0.3) is 0 Å². The molecule has 2 heterocycles. The summed E-state index contributed by atoms with van der Waals surface area (Å²) in [7, 11) is 1.30. The van der Waals surface area contributed by atoms with Crippen molar-refractivity contribution < 1.29 is 24.2 Å². The number of rotatable bonds is 6. The molecule has 2 aromatic rings.